The van der Waals surface area contributed by atoms with Gasteiger partial charge in [-0.1, -0.05) is 11.6 Å². The van der Waals surface area contributed by atoms with Crippen LogP contribution in [0.4, 0.5) is 0 Å². The Morgan fingerprint density at radius 3 is 2.68 bits per heavy atom. The highest BCUT2D eigenvalue weighted by molar-refractivity contribution is 6.32. The monoisotopic (exact) mass is 284 g/mol. The van der Waals surface area contributed by atoms with E-state index in [1.807, 2.05) is 0 Å². The van der Waals surface area contributed by atoms with Crippen molar-refractivity contribution < 1.29 is 24.1 Å². The van der Waals surface area contributed by atoms with Gasteiger partial charge in [-0.2, -0.15) is 0 Å². The number of halogens is 1. The molecule has 102 valence electrons. The van der Waals surface area contributed by atoms with Gasteiger partial charge in [-0.15, -0.1) is 0 Å². The summed E-state index contributed by atoms with van der Waals surface area (Å²) in [6.07, 6.45) is 1.10. The highest BCUT2D eigenvalue weighted by atomic mass is 35.5. The molecular weight excluding hydrogens is 272 g/mol. The van der Waals surface area contributed by atoms with Gasteiger partial charge in [-0.05, 0) is 12.8 Å². The number of hydrogen-bond acceptors (Lipinski definition) is 4. The van der Waals surface area contributed by atoms with Crippen LogP contribution in [0.2, 0.25) is 5.02 Å². The van der Waals surface area contributed by atoms with E-state index in [4.69, 9.17) is 25.8 Å². The fourth-order valence-corrected chi connectivity index (χ4v) is 2.74. The number of rotatable bonds is 3. The van der Waals surface area contributed by atoms with Gasteiger partial charge < -0.3 is 19.3 Å². The summed E-state index contributed by atoms with van der Waals surface area (Å²) in [5.74, 6) is 0.419. The smallest absolute Gasteiger partial charge is 0.314 e. The molecule has 1 fully saturated rings. The molecular formula is C13H13ClO5. The fourth-order valence-electron chi connectivity index (χ4n) is 2.47. The molecule has 0 amide bonds. The molecule has 0 spiro atoms. The average molecular weight is 285 g/mol. The third-order valence-corrected chi connectivity index (χ3v) is 3.86. The lowest BCUT2D eigenvalue weighted by molar-refractivity contribution is -0.140. The van der Waals surface area contributed by atoms with Gasteiger partial charge in [0.25, 0.3) is 0 Å². The second-order valence-electron chi connectivity index (χ2n) is 4.68. The van der Waals surface area contributed by atoms with Crippen LogP contribution in [-0.2, 0) is 10.2 Å². The summed E-state index contributed by atoms with van der Waals surface area (Å²) in [5.41, 5.74) is -0.453. The Morgan fingerprint density at radius 1 is 1.42 bits per heavy atom. The molecule has 1 aliphatic heterocycles. The Kier molecular flexibility index (Phi) is 2.74. The van der Waals surface area contributed by atoms with Crippen molar-refractivity contribution in [3.05, 3.63) is 16.7 Å². The number of aliphatic carboxylic acids is 1. The van der Waals surface area contributed by atoms with Gasteiger partial charge in [0.2, 0.25) is 0 Å². The molecule has 1 heterocycles. The Balaban J connectivity index is 2.26. The third kappa shape index (κ3) is 1.72. The third-order valence-electron chi connectivity index (χ3n) is 3.58. The molecule has 5 nitrogen and oxygen atoms in total. The van der Waals surface area contributed by atoms with E-state index in [1.165, 1.54) is 7.11 Å². The maximum absolute atomic E-state index is 11.6. The van der Waals surface area contributed by atoms with Crippen molar-refractivity contribution in [3.63, 3.8) is 0 Å². The maximum atomic E-state index is 11.6. The van der Waals surface area contributed by atoms with Crippen molar-refractivity contribution in [1.29, 1.82) is 0 Å². The van der Waals surface area contributed by atoms with Crippen molar-refractivity contribution in [3.8, 4) is 17.2 Å². The lowest BCUT2D eigenvalue weighted by atomic mass is 9.93. The number of carbonyl (C=O) groups is 1. The fraction of sp³-hybridized carbons (Fsp3) is 0.462. The molecule has 0 aromatic heterocycles. The molecule has 0 bridgehead atoms. The van der Waals surface area contributed by atoms with Gasteiger partial charge in [0, 0.05) is 6.07 Å². The molecule has 3 rings (SSSR count). The lowest BCUT2D eigenvalue weighted by Gasteiger charge is -2.26. The Bertz CT molecular complexity index is 550. The number of carboxylic acid groups (broad SMARTS) is 1. The van der Waals surface area contributed by atoms with Crippen molar-refractivity contribution in [2.24, 2.45) is 0 Å². The zero-order chi connectivity index (χ0) is 13.6. The van der Waals surface area contributed by atoms with Gasteiger partial charge in [-0.25, -0.2) is 0 Å². The minimum Gasteiger partial charge on any atom is -0.495 e. The first-order valence-electron chi connectivity index (χ1n) is 6.00. The molecule has 1 aliphatic carbocycles. The summed E-state index contributed by atoms with van der Waals surface area (Å²) < 4.78 is 16.4. The zero-order valence-corrected chi connectivity index (χ0v) is 11.1. The molecule has 2 aliphatic rings. The van der Waals surface area contributed by atoms with E-state index in [2.05, 4.69) is 0 Å². The van der Waals surface area contributed by atoms with E-state index in [9.17, 15) is 9.90 Å². The van der Waals surface area contributed by atoms with Crippen LogP contribution in [0.25, 0.3) is 0 Å². The number of methoxy groups -OCH3 is 1. The van der Waals surface area contributed by atoms with Gasteiger partial charge in [-0.3, -0.25) is 4.79 Å². The minimum absolute atomic E-state index is 0.342. The second-order valence-corrected chi connectivity index (χ2v) is 5.09. The summed E-state index contributed by atoms with van der Waals surface area (Å²) in [4.78, 5) is 11.6. The molecule has 0 unspecified atom stereocenters. The Hall–Kier alpha value is -1.62. The van der Waals surface area contributed by atoms with Crippen molar-refractivity contribution in [1.82, 2.24) is 0 Å². The van der Waals surface area contributed by atoms with Crippen LogP contribution in [0.5, 0.6) is 17.2 Å². The molecule has 0 saturated heterocycles. The number of fused-ring (bicyclic) bond motifs is 1. The van der Waals surface area contributed by atoms with E-state index >= 15 is 0 Å². The van der Waals surface area contributed by atoms with E-state index in [1.54, 1.807) is 6.07 Å². The van der Waals surface area contributed by atoms with Gasteiger partial charge in [0.15, 0.2) is 11.5 Å². The standard InChI is InChI=1S/C13H13ClO5/c1-17-10-7(14)6-8-11(19-5-4-18-8)9(10)13(2-3-13)12(15)16/h6H,2-5H2,1H3,(H,15,16). The summed E-state index contributed by atoms with van der Waals surface area (Å²) >= 11 is 6.15. The zero-order valence-electron chi connectivity index (χ0n) is 10.4. The molecule has 1 aromatic rings. The van der Waals surface area contributed by atoms with E-state index in [0.717, 1.165) is 0 Å². The number of carboxylic acids is 1. The number of hydrogen-bond donors (Lipinski definition) is 1. The first kappa shape index (κ1) is 12.4. The van der Waals surface area contributed by atoms with Crippen LogP contribution >= 0.6 is 11.6 Å². The first-order valence-corrected chi connectivity index (χ1v) is 6.38. The van der Waals surface area contributed by atoms with E-state index < -0.39 is 11.4 Å². The molecule has 0 radical (unpaired) electrons. The van der Waals surface area contributed by atoms with Crippen LogP contribution in [-0.4, -0.2) is 31.4 Å². The second kappa shape index (κ2) is 4.20. The topological polar surface area (TPSA) is 65.0 Å². The molecule has 19 heavy (non-hydrogen) atoms. The van der Waals surface area contributed by atoms with Crippen LogP contribution in [0.15, 0.2) is 6.07 Å². The molecule has 1 aromatic carbocycles. The quantitative estimate of drug-likeness (QED) is 0.922. The van der Waals surface area contributed by atoms with Crippen LogP contribution < -0.4 is 14.2 Å². The van der Waals surface area contributed by atoms with Crippen molar-refractivity contribution in [2.45, 2.75) is 18.3 Å². The highest BCUT2D eigenvalue weighted by Gasteiger charge is 2.56. The summed E-state index contributed by atoms with van der Waals surface area (Å²) in [5, 5.41) is 9.82. The summed E-state index contributed by atoms with van der Waals surface area (Å²) in [6.45, 7) is 0.815. The predicted octanol–water partition coefficient (Wildman–Crippen LogP) is 2.24. The van der Waals surface area contributed by atoms with E-state index in [-0.39, 0.29) is 0 Å². The van der Waals surface area contributed by atoms with Crippen LogP contribution in [0.1, 0.15) is 18.4 Å². The largest absolute Gasteiger partial charge is 0.495 e. The molecule has 0 atom stereocenters. The van der Waals surface area contributed by atoms with Crippen molar-refractivity contribution in [2.75, 3.05) is 20.3 Å². The molecule has 1 saturated carbocycles. The van der Waals surface area contributed by atoms with E-state index in [0.29, 0.717) is 53.9 Å². The minimum atomic E-state index is -0.957. The predicted molar refractivity (Wildman–Crippen MR) is 67.5 cm³/mol. The normalized spacial score (nSPS) is 18.8. The number of benzene rings is 1. The average Bonchev–Trinajstić information content (AvgIpc) is 3.18. The maximum Gasteiger partial charge on any atom is 0.314 e. The lowest BCUT2D eigenvalue weighted by Crippen LogP contribution is -2.25. The van der Waals surface area contributed by atoms with Crippen LogP contribution in [0.3, 0.4) is 0 Å². The number of ether oxygens (including phenoxy) is 3. The summed E-state index contributed by atoms with van der Waals surface area (Å²) in [6, 6.07) is 1.61. The van der Waals surface area contributed by atoms with Gasteiger partial charge >= 0.3 is 5.97 Å². The Morgan fingerprint density at radius 2 is 2.11 bits per heavy atom. The first-order chi connectivity index (χ1) is 9.10. The SMILES string of the molecule is COc1c(Cl)cc2c(c1C1(C(=O)O)CC1)OCCO2. The highest BCUT2D eigenvalue weighted by Crippen LogP contribution is 2.59. The van der Waals surface area contributed by atoms with Gasteiger partial charge in [0.1, 0.15) is 24.4 Å². The summed E-state index contributed by atoms with van der Waals surface area (Å²) in [7, 11) is 1.47. The van der Waals surface area contributed by atoms with Crippen LogP contribution in [0, 0.1) is 0 Å². The van der Waals surface area contributed by atoms with Gasteiger partial charge in [0.05, 0.1) is 17.7 Å². The Labute approximate surface area is 115 Å². The molecule has 6 heteroatoms. The molecule has 1 N–H and O–H groups in total. The van der Waals surface area contributed by atoms with Crippen molar-refractivity contribution >= 4 is 17.6 Å².